The lowest BCUT2D eigenvalue weighted by Crippen LogP contribution is -2.47. The fourth-order valence-electron chi connectivity index (χ4n) is 2.24. The van der Waals surface area contributed by atoms with E-state index in [1.54, 1.807) is 0 Å². The molecule has 0 saturated carbocycles. The summed E-state index contributed by atoms with van der Waals surface area (Å²) in [5.41, 5.74) is 0.160. The maximum absolute atomic E-state index is 13.4. The van der Waals surface area contributed by atoms with Crippen LogP contribution in [0, 0.1) is 5.82 Å². The first-order chi connectivity index (χ1) is 9.44. The minimum Gasteiger partial charge on any atom is -0.395 e. The molecule has 1 aromatic carbocycles. The fourth-order valence-corrected chi connectivity index (χ4v) is 3.96. The van der Waals surface area contributed by atoms with E-state index in [9.17, 15) is 17.9 Å². The first kappa shape index (κ1) is 15.7. The van der Waals surface area contributed by atoms with Crippen molar-refractivity contribution < 1.29 is 17.9 Å². The van der Waals surface area contributed by atoms with Gasteiger partial charge < -0.3 is 5.11 Å². The SMILES string of the molecule is O=S(=O)(Nc1ccc(Br)c(F)c1)N1CCCCC1CO. The van der Waals surface area contributed by atoms with E-state index in [4.69, 9.17) is 0 Å². The van der Waals surface area contributed by atoms with Crippen molar-refractivity contribution in [1.29, 1.82) is 0 Å². The third-order valence-corrected chi connectivity index (χ3v) is 5.49. The highest BCUT2D eigenvalue weighted by atomic mass is 79.9. The van der Waals surface area contributed by atoms with Crippen molar-refractivity contribution in [1.82, 2.24) is 4.31 Å². The summed E-state index contributed by atoms with van der Waals surface area (Å²) in [7, 11) is -3.79. The van der Waals surface area contributed by atoms with Crippen molar-refractivity contribution in [3.8, 4) is 0 Å². The quantitative estimate of drug-likeness (QED) is 0.856. The van der Waals surface area contributed by atoms with Crippen LogP contribution in [0.25, 0.3) is 0 Å². The van der Waals surface area contributed by atoms with Crippen molar-refractivity contribution in [2.45, 2.75) is 25.3 Å². The van der Waals surface area contributed by atoms with Crippen LogP contribution >= 0.6 is 15.9 Å². The van der Waals surface area contributed by atoms with Crippen molar-refractivity contribution in [3.63, 3.8) is 0 Å². The Balaban J connectivity index is 2.19. The Kier molecular flexibility index (Phi) is 5.00. The number of nitrogens with zero attached hydrogens (tertiary/aromatic N) is 1. The molecule has 112 valence electrons. The first-order valence-corrected chi connectivity index (χ1v) is 8.53. The van der Waals surface area contributed by atoms with E-state index in [1.807, 2.05) is 0 Å². The molecule has 1 fully saturated rings. The van der Waals surface area contributed by atoms with Crippen LogP contribution in [0.4, 0.5) is 10.1 Å². The van der Waals surface area contributed by atoms with Gasteiger partial charge in [0.05, 0.1) is 16.8 Å². The highest BCUT2D eigenvalue weighted by Crippen LogP contribution is 2.24. The third kappa shape index (κ3) is 3.49. The standard InChI is InChI=1S/C12H16BrFN2O3S/c13-11-5-4-9(7-12(11)14)15-20(18,19)16-6-2-1-3-10(16)8-17/h4-5,7,10,15,17H,1-3,6,8H2. The predicted octanol–water partition coefficient (Wildman–Crippen LogP) is 2.09. The molecular weight excluding hydrogens is 351 g/mol. The Morgan fingerprint density at radius 2 is 2.20 bits per heavy atom. The van der Waals surface area contributed by atoms with E-state index in [2.05, 4.69) is 20.7 Å². The summed E-state index contributed by atoms with van der Waals surface area (Å²) in [6, 6.07) is 3.61. The molecule has 0 bridgehead atoms. The van der Waals surface area contributed by atoms with Crippen LogP contribution in [0.5, 0.6) is 0 Å². The van der Waals surface area contributed by atoms with Crippen LogP contribution < -0.4 is 4.72 Å². The number of aliphatic hydroxyl groups excluding tert-OH is 1. The molecular formula is C12H16BrFN2O3S. The summed E-state index contributed by atoms with van der Waals surface area (Å²) in [5.74, 6) is -0.539. The van der Waals surface area contributed by atoms with E-state index in [-0.39, 0.29) is 16.8 Å². The number of nitrogens with one attached hydrogen (secondary N) is 1. The first-order valence-electron chi connectivity index (χ1n) is 6.29. The summed E-state index contributed by atoms with van der Waals surface area (Å²) >= 11 is 3.01. The number of piperidine rings is 1. The highest BCUT2D eigenvalue weighted by Gasteiger charge is 2.31. The predicted molar refractivity (Wildman–Crippen MR) is 78.1 cm³/mol. The van der Waals surface area contributed by atoms with Gasteiger partial charge in [0, 0.05) is 12.6 Å². The van der Waals surface area contributed by atoms with Gasteiger partial charge in [-0.25, -0.2) is 4.39 Å². The van der Waals surface area contributed by atoms with Crippen LogP contribution in [-0.2, 0) is 10.2 Å². The summed E-state index contributed by atoms with van der Waals surface area (Å²) in [6.45, 7) is 0.148. The topological polar surface area (TPSA) is 69.6 Å². The van der Waals surface area contributed by atoms with Gasteiger partial charge in [0.2, 0.25) is 0 Å². The maximum atomic E-state index is 13.4. The van der Waals surface area contributed by atoms with Crippen LogP contribution in [0.3, 0.4) is 0 Å². The lowest BCUT2D eigenvalue weighted by molar-refractivity contribution is 0.156. The van der Waals surface area contributed by atoms with Crippen LogP contribution in [0.1, 0.15) is 19.3 Å². The minimum atomic E-state index is -3.79. The molecule has 1 aliphatic rings. The number of aliphatic hydroxyl groups is 1. The number of hydrogen-bond acceptors (Lipinski definition) is 3. The molecule has 0 aliphatic carbocycles. The molecule has 2 rings (SSSR count). The number of hydrogen-bond donors (Lipinski definition) is 2. The lowest BCUT2D eigenvalue weighted by atomic mass is 10.1. The van der Waals surface area contributed by atoms with Crippen molar-refractivity contribution in [2.24, 2.45) is 0 Å². The van der Waals surface area contributed by atoms with Gasteiger partial charge in [0.1, 0.15) is 5.82 Å². The zero-order valence-electron chi connectivity index (χ0n) is 10.7. The molecule has 0 radical (unpaired) electrons. The molecule has 1 atom stereocenters. The molecule has 20 heavy (non-hydrogen) atoms. The van der Waals surface area contributed by atoms with Crippen LogP contribution in [0.2, 0.25) is 0 Å². The molecule has 2 N–H and O–H groups in total. The Morgan fingerprint density at radius 1 is 1.45 bits per heavy atom. The Morgan fingerprint density at radius 3 is 2.85 bits per heavy atom. The summed E-state index contributed by atoms with van der Waals surface area (Å²) < 4.78 is 41.8. The van der Waals surface area contributed by atoms with E-state index < -0.39 is 22.1 Å². The molecule has 1 saturated heterocycles. The van der Waals surface area contributed by atoms with Gasteiger partial charge in [0.25, 0.3) is 0 Å². The monoisotopic (exact) mass is 366 g/mol. The molecule has 5 nitrogen and oxygen atoms in total. The smallest absolute Gasteiger partial charge is 0.301 e. The van der Waals surface area contributed by atoms with Gasteiger partial charge in [-0.3, -0.25) is 4.72 Å². The van der Waals surface area contributed by atoms with Crippen molar-refractivity contribution >= 4 is 31.8 Å². The largest absolute Gasteiger partial charge is 0.395 e. The van der Waals surface area contributed by atoms with Gasteiger partial charge in [-0.15, -0.1) is 0 Å². The van der Waals surface area contributed by atoms with Gasteiger partial charge in [0.15, 0.2) is 0 Å². The average Bonchev–Trinajstić information content (AvgIpc) is 2.42. The minimum absolute atomic E-state index is 0.160. The second-order valence-electron chi connectivity index (χ2n) is 4.68. The summed E-state index contributed by atoms with van der Waals surface area (Å²) in [5, 5.41) is 9.27. The zero-order valence-corrected chi connectivity index (χ0v) is 13.1. The van der Waals surface area contributed by atoms with Crippen LogP contribution in [0.15, 0.2) is 22.7 Å². The average molecular weight is 367 g/mol. The fraction of sp³-hybridized carbons (Fsp3) is 0.500. The number of rotatable bonds is 4. The Hall–Kier alpha value is -0.700. The van der Waals surface area contributed by atoms with Crippen molar-refractivity contribution in [2.75, 3.05) is 17.9 Å². The molecule has 1 heterocycles. The Bertz CT molecular complexity index is 582. The molecule has 1 aromatic rings. The van der Waals surface area contributed by atoms with E-state index in [0.29, 0.717) is 13.0 Å². The molecule has 1 unspecified atom stereocenters. The Labute approximate surface area is 126 Å². The summed E-state index contributed by atoms with van der Waals surface area (Å²) in [4.78, 5) is 0. The molecule has 1 aliphatic heterocycles. The molecule has 8 heteroatoms. The van der Waals surface area contributed by atoms with Gasteiger partial charge in [-0.2, -0.15) is 12.7 Å². The highest BCUT2D eigenvalue weighted by molar-refractivity contribution is 9.10. The zero-order chi connectivity index (χ0) is 14.8. The maximum Gasteiger partial charge on any atom is 0.301 e. The number of benzene rings is 1. The second-order valence-corrected chi connectivity index (χ2v) is 7.16. The van der Waals surface area contributed by atoms with E-state index in [0.717, 1.165) is 18.9 Å². The van der Waals surface area contributed by atoms with E-state index in [1.165, 1.54) is 16.4 Å². The van der Waals surface area contributed by atoms with Gasteiger partial charge >= 0.3 is 10.2 Å². The number of anilines is 1. The second kappa shape index (κ2) is 6.38. The van der Waals surface area contributed by atoms with E-state index >= 15 is 0 Å². The molecule has 0 spiro atoms. The molecule has 0 aromatic heterocycles. The van der Waals surface area contributed by atoms with Gasteiger partial charge in [-0.1, -0.05) is 6.42 Å². The molecule has 0 amide bonds. The van der Waals surface area contributed by atoms with Gasteiger partial charge in [-0.05, 0) is 47.0 Å². The third-order valence-electron chi connectivity index (χ3n) is 3.26. The normalized spacial score (nSPS) is 20.9. The van der Waals surface area contributed by atoms with Crippen molar-refractivity contribution in [3.05, 3.63) is 28.5 Å². The lowest BCUT2D eigenvalue weighted by Gasteiger charge is -2.33. The summed E-state index contributed by atoms with van der Waals surface area (Å²) in [6.07, 6.45) is 2.28. The van der Waals surface area contributed by atoms with Crippen LogP contribution in [-0.4, -0.2) is 37.0 Å². The number of halogens is 2.